The molecule has 1 N–H and O–H groups in total. The van der Waals surface area contributed by atoms with Crippen molar-refractivity contribution in [3.63, 3.8) is 0 Å². The van der Waals surface area contributed by atoms with Crippen molar-refractivity contribution in [1.82, 2.24) is 4.98 Å². The van der Waals surface area contributed by atoms with E-state index in [2.05, 4.69) is 5.32 Å². The molecule has 0 spiro atoms. The lowest BCUT2D eigenvalue weighted by molar-refractivity contribution is -0.119. The van der Waals surface area contributed by atoms with Crippen LogP contribution in [0.2, 0.25) is 0 Å². The zero-order chi connectivity index (χ0) is 26.5. The van der Waals surface area contributed by atoms with Crippen molar-refractivity contribution in [1.29, 1.82) is 0 Å². The molecule has 1 aromatic heterocycles. The van der Waals surface area contributed by atoms with Crippen LogP contribution >= 0.6 is 0 Å². The van der Waals surface area contributed by atoms with Crippen LogP contribution in [0.1, 0.15) is 21.5 Å². The second-order valence-corrected chi connectivity index (χ2v) is 8.38. The number of methoxy groups -OCH3 is 3. The Morgan fingerprint density at radius 1 is 0.838 bits per heavy atom. The van der Waals surface area contributed by atoms with Crippen molar-refractivity contribution < 1.29 is 28.5 Å². The summed E-state index contributed by atoms with van der Waals surface area (Å²) in [5, 5.41) is 3.44. The van der Waals surface area contributed by atoms with Gasteiger partial charge < -0.3 is 24.3 Å². The summed E-state index contributed by atoms with van der Waals surface area (Å²) < 4.78 is 21.8. The lowest BCUT2D eigenvalue weighted by atomic mass is 10.0. The number of carbonyl (C=O) groups is 2. The molecule has 4 aromatic rings. The smallest absolute Gasteiger partial charge is 0.339 e. The molecule has 0 radical (unpaired) electrons. The lowest BCUT2D eigenvalue weighted by Gasteiger charge is -2.15. The van der Waals surface area contributed by atoms with Gasteiger partial charge in [-0.2, -0.15) is 0 Å². The van der Waals surface area contributed by atoms with E-state index in [9.17, 15) is 9.59 Å². The van der Waals surface area contributed by atoms with Crippen molar-refractivity contribution in [2.75, 3.05) is 33.3 Å². The number of ether oxygens (including phenoxy) is 4. The number of nitrogens with one attached hydrogen (secondary N) is 1. The van der Waals surface area contributed by atoms with Crippen molar-refractivity contribution >= 4 is 28.5 Å². The van der Waals surface area contributed by atoms with E-state index in [-0.39, 0.29) is 5.56 Å². The topological polar surface area (TPSA) is 96.0 Å². The number of carbonyl (C=O) groups excluding carboxylic acids is 2. The molecule has 0 atom stereocenters. The molecule has 0 aliphatic rings. The highest BCUT2D eigenvalue weighted by Crippen LogP contribution is 2.41. The molecule has 0 fully saturated rings. The quantitative estimate of drug-likeness (QED) is 0.326. The van der Waals surface area contributed by atoms with E-state index in [1.165, 1.54) is 21.3 Å². The van der Waals surface area contributed by atoms with Crippen LogP contribution < -0.4 is 19.5 Å². The number of aromatic nitrogens is 1. The van der Waals surface area contributed by atoms with Crippen LogP contribution in [0.4, 0.5) is 5.69 Å². The van der Waals surface area contributed by atoms with E-state index in [1.54, 1.807) is 30.3 Å². The molecule has 0 aliphatic heterocycles. The van der Waals surface area contributed by atoms with Gasteiger partial charge in [-0.1, -0.05) is 36.4 Å². The predicted octanol–water partition coefficient (Wildman–Crippen LogP) is 5.34. The fourth-order valence-corrected chi connectivity index (χ4v) is 4.12. The summed E-state index contributed by atoms with van der Waals surface area (Å²) >= 11 is 0. The number of nitrogens with zero attached hydrogens (tertiary/aromatic N) is 1. The molecule has 190 valence electrons. The maximum Gasteiger partial charge on any atom is 0.339 e. The third-order valence-corrected chi connectivity index (χ3v) is 5.98. The largest absolute Gasteiger partial charge is 0.493 e. The van der Waals surface area contributed by atoms with Crippen molar-refractivity contribution in [3.05, 3.63) is 77.4 Å². The van der Waals surface area contributed by atoms with E-state index in [1.807, 2.05) is 44.2 Å². The summed E-state index contributed by atoms with van der Waals surface area (Å²) in [6, 6.07) is 18.1. The van der Waals surface area contributed by atoms with Gasteiger partial charge in [-0.25, -0.2) is 9.78 Å². The van der Waals surface area contributed by atoms with Gasteiger partial charge in [-0.3, -0.25) is 4.79 Å². The second-order valence-electron chi connectivity index (χ2n) is 8.38. The molecule has 0 aliphatic carbocycles. The summed E-state index contributed by atoms with van der Waals surface area (Å²) in [5.74, 6) is 0.306. The van der Waals surface area contributed by atoms with Crippen LogP contribution in [0.3, 0.4) is 0 Å². The van der Waals surface area contributed by atoms with E-state index in [0.29, 0.717) is 45.1 Å². The van der Waals surface area contributed by atoms with Gasteiger partial charge >= 0.3 is 5.97 Å². The van der Waals surface area contributed by atoms with Crippen LogP contribution in [-0.2, 0) is 9.53 Å². The second kappa shape index (κ2) is 11.0. The van der Waals surface area contributed by atoms with Crippen LogP contribution in [0.25, 0.3) is 22.2 Å². The fourth-order valence-electron chi connectivity index (χ4n) is 4.12. The van der Waals surface area contributed by atoms with Gasteiger partial charge in [-0.05, 0) is 49.2 Å². The Labute approximate surface area is 215 Å². The third-order valence-electron chi connectivity index (χ3n) is 5.98. The van der Waals surface area contributed by atoms with Crippen LogP contribution in [0.15, 0.2) is 60.7 Å². The molecule has 8 heteroatoms. The number of hydrogen-bond donors (Lipinski definition) is 1. The summed E-state index contributed by atoms with van der Waals surface area (Å²) in [6.07, 6.45) is 0. The molecule has 8 nitrogen and oxygen atoms in total. The average molecular weight is 501 g/mol. The number of aryl methyl sites for hydroxylation is 2. The number of pyridine rings is 1. The molecule has 3 aromatic carbocycles. The Morgan fingerprint density at radius 3 is 2.11 bits per heavy atom. The molecule has 37 heavy (non-hydrogen) atoms. The molecule has 0 unspecified atom stereocenters. The normalized spacial score (nSPS) is 10.6. The van der Waals surface area contributed by atoms with E-state index >= 15 is 0 Å². The Bertz CT molecular complexity index is 1440. The first-order valence-corrected chi connectivity index (χ1v) is 11.6. The minimum Gasteiger partial charge on any atom is -0.493 e. The molecule has 0 saturated heterocycles. The Balaban J connectivity index is 1.65. The maximum atomic E-state index is 13.2. The van der Waals surface area contributed by atoms with Crippen molar-refractivity contribution in [2.24, 2.45) is 0 Å². The minimum absolute atomic E-state index is 0.286. The molecular formula is C29H28N2O6. The molecule has 0 bridgehead atoms. The van der Waals surface area contributed by atoms with E-state index in [4.69, 9.17) is 23.9 Å². The highest BCUT2D eigenvalue weighted by molar-refractivity contribution is 6.05. The van der Waals surface area contributed by atoms with Gasteiger partial charge in [0.05, 0.1) is 38.1 Å². The molecule has 1 heterocycles. The minimum atomic E-state index is -0.635. The first-order chi connectivity index (χ1) is 17.9. The monoisotopic (exact) mass is 500 g/mol. The Morgan fingerprint density at radius 2 is 1.49 bits per heavy atom. The van der Waals surface area contributed by atoms with Gasteiger partial charge in [-0.15, -0.1) is 0 Å². The summed E-state index contributed by atoms with van der Waals surface area (Å²) in [7, 11) is 4.58. The van der Waals surface area contributed by atoms with Crippen molar-refractivity contribution in [3.8, 4) is 28.5 Å². The molecule has 0 saturated carbocycles. The van der Waals surface area contributed by atoms with Crippen molar-refractivity contribution in [2.45, 2.75) is 13.8 Å². The third kappa shape index (κ3) is 5.33. The Hall–Kier alpha value is -4.59. The van der Waals surface area contributed by atoms with Gasteiger partial charge in [0.15, 0.2) is 18.1 Å². The SMILES string of the molecule is COc1cc(-c2cc(C(=O)OCC(=O)Nc3c(C)cccc3C)c3ccccc3n2)cc(OC)c1OC. The average Bonchev–Trinajstić information content (AvgIpc) is 2.92. The van der Waals surface area contributed by atoms with E-state index < -0.39 is 18.5 Å². The number of para-hydroxylation sites is 2. The number of fused-ring (bicyclic) bond motifs is 1. The number of hydrogen-bond acceptors (Lipinski definition) is 7. The van der Waals surface area contributed by atoms with Gasteiger partial charge in [0.25, 0.3) is 5.91 Å². The highest BCUT2D eigenvalue weighted by Gasteiger charge is 2.20. The number of benzene rings is 3. The first kappa shape index (κ1) is 25.5. The zero-order valence-electron chi connectivity index (χ0n) is 21.4. The zero-order valence-corrected chi connectivity index (χ0v) is 21.4. The van der Waals surface area contributed by atoms with Crippen LogP contribution in [0.5, 0.6) is 17.2 Å². The Kier molecular flexibility index (Phi) is 7.57. The molecular weight excluding hydrogens is 472 g/mol. The summed E-state index contributed by atoms with van der Waals surface area (Å²) in [5.41, 5.74) is 4.61. The number of anilines is 1. The lowest BCUT2D eigenvalue weighted by Crippen LogP contribution is -2.22. The van der Waals surface area contributed by atoms with Gasteiger partial charge in [0.2, 0.25) is 5.75 Å². The number of amides is 1. The standard InChI is InChI=1S/C29H28N2O6/c1-17-9-8-10-18(2)27(17)31-26(32)16-37-29(33)21-15-23(30-22-12-7-6-11-20(21)22)19-13-24(34-3)28(36-5)25(14-19)35-4/h6-15H,16H2,1-5H3,(H,31,32). The summed E-state index contributed by atoms with van der Waals surface area (Å²) in [6.45, 7) is 3.38. The van der Waals surface area contributed by atoms with Gasteiger partial charge in [0.1, 0.15) is 0 Å². The fraction of sp³-hybridized carbons (Fsp3) is 0.207. The predicted molar refractivity (Wildman–Crippen MR) is 142 cm³/mol. The molecule has 4 rings (SSSR count). The molecule has 1 amide bonds. The van der Waals surface area contributed by atoms with Crippen LogP contribution in [-0.4, -0.2) is 44.8 Å². The summed E-state index contributed by atoms with van der Waals surface area (Å²) in [4.78, 5) is 30.5. The van der Waals surface area contributed by atoms with Crippen LogP contribution in [0, 0.1) is 13.8 Å². The number of rotatable bonds is 8. The highest BCUT2D eigenvalue weighted by atomic mass is 16.5. The first-order valence-electron chi connectivity index (χ1n) is 11.6. The van der Waals surface area contributed by atoms with Gasteiger partial charge in [0, 0.05) is 16.6 Å². The maximum absolute atomic E-state index is 13.2. The van der Waals surface area contributed by atoms with E-state index in [0.717, 1.165) is 11.1 Å². The number of esters is 1.